The van der Waals surface area contributed by atoms with E-state index in [1.54, 1.807) is 0 Å². The van der Waals surface area contributed by atoms with Crippen molar-refractivity contribution in [3.8, 4) is 0 Å². The van der Waals surface area contributed by atoms with Crippen molar-refractivity contribution in [1.29, 1.82) is 0 Å². The van der Waals surface area contributed by atoms with E-state index in [1.807, 2.05) is 74.6 Å². The van der Waals surface area contributed by atoms with E-state index in [1.165, 1.54) is 0 Å². The Morgan fingerprint density at radius 2 is 1.66 bits per heavy atom. The minimum Gasteiger partial charge on any atom is -0.460 e. The van der Waals surface area contributed by atoms with Crippen LogP contribution in [0.15, 0.2) is 78.9 Å². The van der Waals surface area contributed by atoms with Crippen LogP contribution in [0.4, 0.5) is 0 Å². The van der Waals surface area contributed by atoms with Gasteiger partial charge in [0.25, 0.3) is 0 Å². The Hall–Kier alpha value is -3.33. The van der Waals surface area contributed by atoms with Crippen molar-refractivity contribution in [3.63, 3.8) is 0 Å². The lowest BCUT2D eigenvalue weighted by Crippen LogP contribution is -2.18. The maximum Gasteiger partial charge on any atom is 0.318 e. The van der Waals surface area contributed by atoms with Gasteiger partial charge in [-0.3, -0.25) is 4.79 Å². The largest absolute Gasteiger partial charge is 0.460 e. The average molecular weight is 383 g/mol. The molecule has 29 heavy (non-hydrogen) atoms. The normalized spacial score (nSPS) is 12.1. The van der Waals surface area contributed by atoms with Gasteiger partial charge in [-0.2, -0.15) is 0 Å². The minimum atomic E-state index is -0.468. The Balaban J connectivity index is 1.80. The molecule has 3 nitrogen and oxygen atoms in total. The molecule has 4 rings (SSSR count). The van der Waals surface area contributed by atoms with Crippen LogP contribution in [0.3, 0.4) is 0 Å². The van der Waals surface area contributed by atoms with Gasteiger partial charge in [0.15, 0.2) is 0 Å². The van der Waals surface area contributed by atoms with E-state index in [9.17, 15) is 4.79 Å². The first-order valence-electron chi connectivity index (χ1n) is 9.87. The fourth-order valence-corrected chi connectivity index (χ4v) is 4.00. The monoisotopic (exact) mass is 383 g/mol. The molecule has 0 amide bonds. The molecule has 0 aliphatic rings. The number of hydrogen-bond acceptors (Lipinski definition) is 2. The fourth-order valence-electron chi connectivity index (χ4n) is 4.00. The van der Waals surface area contributed by atoms with Gasteiger partial charge in [-0.1, -0.05) is 78.4 Å². The molecular formula is C26H25NO2. The molecule has 0 aliphatic carbocycles. The number of fused-ring (bicyclic) bond motifs is 1. The second kappa shape index (κ2) is 7.96. The van der Waals surface area contributed by atoms with Crippen LogP contribution in [0.5, 0.6) is 0 Å². The lowest BCUT2D eigenvalue weighted by atomic mass is 9.88. The number of ether oxygens (including phenoxy) is 1. The number of para-hydroxylation sites is 1. The van der Waals surface area contributed by atoms with Crippen molar-refractivity contribution in [2.24, 2.45) is 7.05 Å². The van der Waals surface area contributed by atoms with Gasteiger partial charge in [-0.25, -0.2) is 0 Å². The number of benzene rings is 3. The topological polar surface area (TPSA) is 31.2 Å². The second-order valence-electron chi connectivity index (χ2n) is 7.52. The van der Waals surface area contributed by atoms with Crippen molar-refractivity contribution in [2.45, 2.75) is 26.4 Å². The third-order valence-electron chi connectivity index (χ3n) is 5.57. The van der Waals surface area contributed by atoms with E-state index in [2.05, 4.69) is 29.7 Å². The summed E-state index contributed by atoms with van der Waals surface area (Å²) in [5.41, 5.74) is 6.29. The Bertz CT molecular complexity index is 1160. The molecular weight excluding hydrogens is 358 g/mol. The Morgan fingerprint density at radius 3 is 2.41 bits per heavy atom. The number of rotatable bonds is 5. The molecule has 146 valence electrons. The van der Waals surface area contributed by atoms with E-state index >= 15 is 0 Å². The zero-order chi connectivity index (χ0) is 20.4. The lowest BCUT2D eigenvalue weighted by molar-refractivity contribution is -0.145. The minimum absolute atomic E-state index is 0.223. The summed E-state index contributed by atoms with van der Waals surface area (Å²) in [6.45, 7) is 4.39. The molecule has 0 fully saturated rings. The molecule has 3 aromatic carbocycles. The number of nitrogens with zero attached hydrogens (tertiary/aromatic N) is 1. The van der Waals surface area contributed by atoms with Crippen LogP contribution in [-0.4, -0.2) is 10.5 Å². The molecule has 1 aromatic heterocycles. The van der Waals surface area contributed by atoms with Crippen LogP contribution in [0.25, 0.3) is 10.9 Å². The van der Waals surface area contributed by atoms with Crippen LogP contribution in [0, 0.1) is 13.8 Å². The summed E-state index contributed by atoms with van der Waals surface area (Å²) in [5.74, 6) is -0.691. The zero-order valence-electron chi connectivity index (χ0n) is 17.1. The van der Waals surface area contributed by atoms with Crippen LogP contribution < -0.4 is 0 Å². The molecule has 0 aliphatic heterocycles. The number of carbonyl (C=O) groups is 1. The first kappa shape index (κ1) is 19.0. The summed E-state index contributed by atoms with van der Waals surface area (Å²) in [5, 5.41) is 1.09. The average Bonchev–Trinajstić information content (AvgIpc) is 2.99. The smallest absolute Gasteiger partial charge is 0.318 e. The molecule has 0 saturated heterocycles. The highest BCUT2D eigenvalue weighted by atomic mass is 16.5. The molecule has 0 radical (unpaired) electrons. The molecule has 0 bridgehead atoms. The molecule has 3 heteroatoms. The Labute approximate surface area is 171 Å². The van der Waals surface area contributed by atoms with E-state index < -0.39 is 5.92 Å². The summed E-state index contributed by atoms with van der Waals surface area (Å²) in [6, 6.07) is 26.2. The first-order chi connectivity index (χ1) is 14.1. The Kier molecular flexibility index (Phi) is 5.22. The Morgan fingerprint density at radius 1 is 0.931 bits per heavy atom. The van der Waals surface area contributed by atoms with Gasteiger partial charge in [0, 0.05) is 23.6 Å². The van der Waals surface area contributed by atoms with Crippen LogP contribution in [-0.2, 0) is 23.2 Å². The summed E-state index contributed by atoms with van der Waals surface area (Å²) in [6.07, 6.45) is 0. The van der Waals surface area contributed by atoms with Gasteiger partial charge < -0.3 is 9.30 Å². The van der Waals surface area contributed by atoms with E-state index in [-0.39, 0.29) is 12.6 Å². The predicted molar refractivity (Wildman–Crippen MR) is 117 cm³/mol. The molecule has 0 unspecified atom stereocenters. The summed E-state index contributed by atoms with van der Waals surface area (Å²) in [7, 11) is 2.05. The molecule has 0 spiro atoms. The maximum atomic E-state index is 13.4. The highest BCUT2D eigenvalue weighted by molar-refractivity contribution is 5.93. The lowest BCUT2D eigenvalue weighted by Gasteiger charge is -2.18. The number of aromatic nitrogens is 1. The molecule has 1 atom stereocenters. The highest BCUT2D eigenvalue weighted by Crippen LogP contribution is 2.36. The molecule has 4 aromatic rings. The quantitative estimate of drug-likeness (QED) is 0.416. The number of carbonyl (C=O) groups excluding carboxylic acids is 1. The number of esters is 1. The van der Waals surface area contributed by atoms with E-state index in [4.69, 9.17) is 4.74 Å². The SMILES string of the molecule is Cc1cccc([C@@H](C(=O)OCc2ccccc2)c2c(C)n(C)c3ccccc23)c1. The van der Waals surface area contributed by atoms with Gasteiger partial charge in [0.2, 0.25) is 0 Å². The zero-order valence-corrected chi connectivity index (χ0v) is 17.1. The number of aryl methyl sites for hydroxylation is 2. The summed E-state index contributed by atoms with van der Waals surface area (Å²) < 4.78 is 7.95. The van der Waals surface area contributed by atoms with Crippen LogP contribution >= 0.6 is 0 Å². The standard InChI is InChI=1S/C26H25NO2/c1-18-10-9-13-21(16-18)25(26(28)29-17-20-11-5-4-6-12-20)24-19(2)27(3)23-15-8-7-14-22(23)24/h4-16,25H,17H2,1-3H3/t25-/m1/s1. The van der Waals surface area contributed by atoms with Crippen molar-refractivity contribution in [3.05, 3.63) is 107 Å². The molecule has 1 heterocycles. The van der Waals surface area contributed by atoms with Gasteiger partial charge in [0.1, 0.15) is 12.5 Å². The van der Waals surface area contributed by atoms with Gasteiger partial charge in [-0.15, -0.1) is 0 Å². The van der Waals surface area contributed by atoms with Gasteiger partial charge in [-0.05, 0) is 36.6 Å². The fraction of sp³-hybridized carbons (Fsp3) is 0.192. The predicted octanol–water partition coefficient (Wildman–Crippen LogP) is 5.67. The van der Waals surface area contributed by atoms with Crippen molar-refractivity contribution < 1.29 is 9.53 Å². The van der Waals surface area contributed by atoms with Gasteiger partial charge >= 0.3 is 5.97 Å². The summed E-state index contributed by atoms with van der Waals surface area (Å²) >= 11 is 0. The van der Waals surface area contributed by atoms with E-state index in [0.717, 1.165) is 38.9 Å². The molecule has 0 N–H and O–H groups in total. The summed E-state index contributed by atoms with van der Waals surface area (Å²) in [4.78, 5) is 13.4. The third-order valence-corrected chi connectivity index (χ3v) is 5.57. The van der Waals surface area contributed by atoms with Gasteiger partial charge in [0.05, 0.1) is 0 Å². The number of hydrogen-bond donors (Lipinski definition) is 0. The second-order valence-corrected chi connectivity index (χ2v) is 7.52. The van der Waals surface area contributed by atoms with Crippen molar-refractivity contribution in [2.75, 3.05) is 0 Å². The highest BCUT2D eigenvalue weighted by Gasteiger charge is 2.30. The van der Waals surface area contributed by atoms with Crippen LogP contribution in [0.2, 0.25) is 0 Å². The first-order valence-corrected chi connectivity index (χ1v) is 9.87. The van der Waals surface area contributed by atoms with Crippen molar-refractivity contribution >= 4 is 16.9 Å². The maximum absolute atomic E-state index is 13.4. The van der Waals surface area contributed by atoms with Crippen LogP contribution in [0.1, 0.15) is 33.9 Å². The third kappa shape index (κ3) is 3.68. The van der Waals surface area contributed by atoms with E-state index in [0.29, 0.717) is 0 Å². The van der Waals surface area contributed by atoms with Crippen molar-refractivity contribution in [1.82, 2.24) is 4.57 Å². The molecule has 0 saturated carbocycles.